The summed E-state index contributed by atoms with van der Waals surface area (Å²) in [6.07, 6.45) is 1.54. The fourth-order valence-corrected chi connectivity index (χ4v) is 2.97. The van der Waals surface area contributed by atoms with Gasteiger partial charge < -0.3 is 24.6 Å². The second kappa shape index (κ2) is 8.55. The lowest BCUT2D eigenvalue weighted by atomic mass is 10.2. The summed E-state index contributed by atoms with van der Waals surface area (Å²) in [6, 6.07) is 6.92. The molecule has 0 unspecified atom stereocenters. The number of amides is 2. The maximum Gasteiger partial charge on any atom is 0.272 e. The molecule has 0 saturated carbocycles. The average molecular weight is 385 g/mol. The van der Waals surface area contributed by atoms with E-state index in [1.165, 1.54) is 13.1 Å². The topological polar surface area (TPSA) is 96.9 Å². The van der Waals surface area contributed by atoms with E-state index in [0.717, 1.165) is 0 Å². The Labute approximate surface area is 163 Å². The summed E-state index contributed by atoms with van der Waals surface area (Å²) < 4.78 is 10.5. The molecule has 1 aromatic carbocycles. The van der Waals surface area contributed by atoms with Crippen LogP contribution in [0.2, 0.25) is 0 Å². The molecular weight excluding hydrogens is 362 g/mol. The molecule has 1 N–H and O–H groups in total. The number of piperazine rings is 1. The van der Waals surface area contributed by atoms with Crippen molar-refractivity contribution in [3.63, 3.8) is 0 Å². The number of hydrogen-bond donors (Lipinski definition) is 1. The highest BCUT2D eigenvalue weighted by molar-refractivity contribution is 5.92. The van der Waals surface area contributed by atoms with Crippen molar-refractivity contribution in [3.05, 3.63) is 36.2 Å². The molecular formula is C19H23N5O4. The molecule has 0 bridgehead atoms. The summed E-state index contributed by atoms with van der Waals surface area (Å²) in [5.41, 5.74) is 1.01. The van der Waals surface area contributed by atoms with Crippen LogP contribution in [0.15, 0.2) is 30.5 Å². The van der Waals surface area contributed by atoms with Gasteiger partial charge in [0, 0.05) is 51.1 Å². The van der Waals surface area contributed by atoms with E-state index in [4.69, 9.17) is 9.47 Å². The fraction of sp³-hybridized carbons (Fsp3) is 0.368. The second-order valence-corrected chi connectivity index (χ2v) is 6.26. The SMILES string of the molecule is COc1ccc(Nc2nccc(C(=O)N3CCN(C(C)=O)CC3)n2)cc1OC. The molecule has 1 aliphatic rings. The van der Waals surface area contributed by atoms with E-state index in [0.29, 0.717) is 55.0 Å². The Bertz CT molecular complexity index is 865. The Morgan fingerprint density at radius 2 is 1.68 bits per heavy atom. The maximum absolute atomic E-state index is 12.7. The van der Waals surface area contributed by atoms with E-state index < -0.39 is 0 Å². The van der Waals surface area contributed by atoms with E-state index in [1.54, 1.807) is 48.3 Å². The third kappa shape index (κ3) is 4.30. The van der Waals surface area contributed by atoms with Crippen LogP contribution in [0.4, 0.5) is 11.6 Å². The van der Waals surface area contributed by atoms with Crippen LogP contribution in [0.5, 0.6) is 11.5 Å². The summed E-state index contributed by atoms with van der Waals surface area (Å²) in [6.45, 7) is 3.57. The minimum Gasteiger partial charge on any atom is -0.493 e. The monoisotopic (exact) mass is 385 g/mol. The van der Waals surface area contributed by atoms with Gasteiger partial charge in [-0.2, -0.15) is 0 Å². The molecule has 0 atom stereocenters. The summed E-state index contributed by atoms with van der Waals surface area (Å²) in [5, 5.41) is 3.07. The molecule has 148 valence electrons. The molecule has 3 rings (SSSR count). The summed E-state index contributed by atoms with van der Waals surface area (Å²) in [5.74, 6) is 1.34. The first-order chi connectivity index (χ1) is 13.5. The minimum absolute atomic E-state index is 0.0236. The molecule has 1 fully saturated rings. The molecule has 0 radical (unpaired) electrons. The van der Waals surface area contributed by atoms with E-state index in [9.17, 15) is 9.59 Å². The number of carbonyl (C=O) groups excluding carboxylic acids is 2. The summed E-state index contributed by atoms with van der Waals surface area (Å²) >= 11 is 0. The van der Waals surface area contributed by atoms with Gasteiger partial charge in [-0.25, -0.2) is 9.97 Å². The molecule has 0 aliphatic carbocycles. The van der Waals surface area contributed by atoms with Crippen molar-refractivity contribution in [2.75, 3.05) is 45.7 Å². The molecule has 0 spiro atoms. The number of nitrogens with zero attached hydrogens (tertiary/aromatic N) is 4. The zero-order chi connectivity index (χ0) is 20.1. The third-order valence-electron chi connectivity index (χ3n) is 4.53. The molecule has 9 heteroatoms. The van der Waals surface area contributed by atoms with E-state index in [1.807, 2.05) is 0 Å². The molecule has 9 nitrogen and oxygen atoms in total. The van der Waals surface area contributed by atoms with Crippen LogP contribution in [0.3, 0.4) is 0 Å². The van der Waals surface area contributed by atoms with Crippen molar-refractivity contribution < 1.29 is 19.1 Å². The summed E-state index contributed by atoms with van der Waals surface area (Å²) in [4.78, 5) is 36.1. The molecule has 2 amide bonds. The molecule has 1 aromatic heterocycles. The van der Waals surface area contributed by atoms with Crippen LogP contribution in [0.25, 0.3) is 0 Å². The molecule has 2 heterocycles. The molecule has 1 aliphatic heterocycles. The average Bonchev–Trinajstić information content (AvgIpc) is 2.73. The molecule has 2 aromatic rings. The van der Waals surface area contributed by atoms with Gasteiger partial charge in [0.2, 0.25) is 11.9 Å². The Morgan fingerprint density at radius 3 is 2.32 bits per heavy atom. The van der Waals surface area contributed by atoms with Crippen LogP contribution in [-0.2, 0) is 4.79 Å². The predicted molar refractivity (Wildman–Crippen MR) is 103 cm³/mol. The minimum atomic E-state index is -0.180. The number of carbonyl (C=O) groups is 2. The van der Waals surface area contributed by atoms with Gasteiger partial charge in [0.25, 0.3) is 5.91 Å². The molecule has 28 heavy (non-hydrogen) atoms. The number of hydrogen-bond acceptors (Lipinski definition) is 7. The summed E-state index contributed by atoms with van der Waals surface area (Å²) in [7, 11) is 3.13. The van der Waals surface area contributed by atoms with Gasteiger partial charge in [-0.1, -0.05) is 0 Å². The fourth-order valence-electron chi connectivity index (χ4n) is 2.97. The Hall–Kier alpha value is -3.36. The number of rotatable bonds is 5. The lowest BCUT2D eigenvalue weighted by molar-refractivity contribution is -0.130. The largest absolute Gasteiger partial charge is 0.493 e. The highest BCUT2D eigenvalue weighted by atomic mass is 16.5. The zero-order valence-electron chi connectivity index (χ0n) is 16.1. The van der Waals surface area contributed by atoms with E-state index in [2.05, 4.69) is 15.3 Å². The van der Waals surface area contributed by atoms with Crippen LogP contribution in [-0.4, -0.2) is 72.0 Å². The van der Waals surface area contributed by atoms with Crippen LogP contribution in [0, 0.1) is 0 Å². The van der Waals surface area contributed by atoms with E-state index in [-0.39, 0.29) is 11.8 Å². The predicted octanol–water partition coefficient (Wildman–Crippen LogP) is 1.54. The first-order valence-corrected chi connectivity index (χ1v) is 8.88. The van der Waals surface area contributed by atoms with Crippen LogP contribution >= 0.6 is 0 Å². The van der Waals surface area contributed by atoms with Gasteiger partial charge in [0.1, 0.15) is 5.69 Å². The second-order valence-electron chi connectivity index (χ2n) is 6.26. The van der Waals surface area contributed by atoms with Gasteiger partial charge in [-0.15, -0.1) is 0 Å². The number of ether oxygens (including phenoxy) is 2. The quantitative estimate of drug-likeness (QED) is 0.834. The van der Waals surface area contributed by atoms with Gasteiger partial charge in [-0.3, -0.25) is 9.59 Å². The highest BCUT2D eigenvalue weighted by Crippen LogP contribution is 2.30. The third-order valence-corrected chi connectivity index (χ3v) is 4.53. The lowest BCUT2D eigenvalue weighted by Crippen LogP contribution is -2.50. The standard InChI is InChI=1S/C19H23N5O4/c1-13(25)23-8-10-24(11-9-23)18(26)15-6-7-20-19(22-15)21-14-4-5-16(27-2)17(12-14)28-3/h4-7,12H,8-11H2,1-3H3,(H,20,21,22). The van der Waals surface area contributed by atoms with Gasteiger partial charge >= 0.3 is 0 Å². The van der Waals surface area contributed by atoms with Crippen LogP contribution < -0.4 is 14.8 Å². The van der Waals surface area contributed by atoms with Crippen molar-refractivity contribution in [1.29, 1.82) is 0 Å². The van der Waals surface area contributed by atoms with Crippen molar-refractivity contribution >= 4 is 23.5 Å². The number of nitrogens with one attached hydrogen (secondary N) is 1. The Kier molecular flexibility index (Phi) is 5.93. The maximum atomic E-state index is 12.7. The van der Waals surface area contributed by atoms with Gasteiger partial charge in [-0.05, 0) is 18.2 Å². The van der Waals surface area contributed by atoms with Crippen molar-refractivity contribution in [1.82, 2.24) is 19.8 Å². The lowest BCUT2D eigenvalue weighted by Gasteiger charge is -2.34. The van der Waals surface area contributed by atoms with Crippen LogP contribution in [0.1, 0.15) is 17.4 Å². The van der Waals surface area contributed by atoms with Gasteiger partial charge in [0.05, 0.1) is 14.2 Å². The number of benzene rings is 1. The Balaban J connectivity index is 1.70. The number of anilines is 2. The normalized spacial score (nSPS) is 13.8. The number of aromatic nitrogens is 2. The van der Waals surface area contributed by atoms with Crippen molar-refractivity contribution in [3.8, 4) is 11.5 Å². The molecule has 1 saturated heterocycles. The highest BCUT2D eigenvalue weighted by Gasteiger charge is 2.24. The number of methoxy groups -OCH3 is 2. The van der Waals surface area contributed by atoms with Crippen molar-refractivity contribution in [2.24, 2.45) is 0 Å². The van der Waals surface area contributed by atoms with Gasteiger partial charge in [0.15, 0.2) is 11.5 Å². The first kappa shape index (κ1) is 19.4. The zero-order valence-corrected chi connectivity index (χ0v) is 16.1. The smallest absolute Gasteiger partial charge is 0.272 e. The van der Waals surface area contributed by atoms with E-state index >= 15 is 0 Å². The Morgan fingerprint density at radius 1 is 1.00 bits per heavy atom. The first-order valence-electron chi connectivity index (χ1n) is 8.88. The van der Waals surface area contributed by atoms with Crippen molar-refractivity contribution in [2.45, 2.75) is 6.92 Å².